The second-order valence-electron chi connectivity index (χ2n) is 4.13. The van der Waals surface area contributed by atoms with Gasteiger partial charge in [0.05, 0.1) is 12.0 Å². The Morgan fingerprint density at radius 3 is 2.40 bits per heavy atom. The van der Waals surface area contributed by atoms with E-state index in [2.05, 4.69) is 9.46 Å². The van der Waals surface area contributed by atoms with Crippen molar-refractivity contribution in [3.05, 3.63) is 29.8 Å². The minimum Gasteiger partial charge on any atom is -0.468 e. The molecule has 0 aliphatic heterocycles. The van der Waals surface area contributed by atoms with Gasteiger partial charge in [-0.1, -0.05) is 17.7 Å². The van der Waals surface area contributed by atoms with Crippen LogP contribution in [0.3, 0.4) is 0 Å². The summed E-state index contributed by atoms with van der Waals surface area (Å²) in [5, 5.41) is 0. The summed E-state index contributed by atoms with van der Waals surface area (Å²) in [5.41, 5.74) is 6.48. The zero-order chi connectivity index (χ0) is 14.5. The molecule has 0 aliphatic carbocycles. The van der Waals surface area contributed by atoms with E-state index in [0.717, 1.165) is 5.56 Å². The Morgan fingerprint density at radius 2 is 1.90 bits per heavy atom. The van der Waals surface area contributed by atoms with E-state index in [1.165, 1.54) is 19.2 Å². The number of rotatable bonds is 6. The number of hydrogen-bond acceptors (Lipinski definition) is 5. The largest absolute Gasteiger partial charge is 0.468 e. The molecule has 1 aromatic carbocycles. The fourth-order valence-corrected chi connectivity index (χ4v) is 2.47. The van der Waals surface area contributed by atoms with Crippen LogP contribution in [0.15, 0.2) is 29.2 Å². The van der Waals surface area contributed by atoms with E-state index >= 15 is 0 Å². The van der Waals surface area contributed by atoms with Gasteiger partial charge in [0.25, 0.3) is 0 Å². The number of ether oxygens (including phenoxy) is 1. The van der Waals surface area contributed by atoms with Crippen LogP contribution in [-0.4, -0.2) is 34.1 Å². The topological polar surface area (TPSA) is 98.5 Å². The zero-order valence-electron chi connectivity index (χ0n) is 11.3. The molecule has 1 aromatic rings. The summed E-state index contributed by atoms with van der Waals surface area (Å²) in [7, 11) is -2.33. The Morgan fingerprint density at radius 1 is 1.35 bits per heavy atom. The molecule has 1 rings (SSSR count). The number of benzene rings is 1. The number of nitrogens with one attached hydrogen (secondary N) is 1. The lowest BCUT2D eigenvalue weighted by Gasteiger charge is -2.10. The SMILES string of the molecule is COC(=O)C(N)CCNS(=O)(=O)c1ccc(C)cc1.Cl. The predicted octanol–water partition coefficient (Wildman–Crippen LogP) is 0.586. The molecule has 0 aromatic heterocycles. The summed E-state index contributed by atoms with van der Waals surface area (Å²) in [6, 6.07) is 5.66. The van der Waals surface area contributed by atoms with Crippen LogP contribution in [0.5, 0.6) is 0 Å². The molecule has 114 valence electrons. The Kier molecular flexibility index (Phi) is 7.74. The third kappa shape index (κ3) is 5.46. The van der Waals surface area contributed by atoms with Crippen LogP contribution in [0.25, 0.3) is 0 Å². The van der Waals surface area contributed by atoms with Crippen LogP contribution in [-0.2, 0) is 19.6 Å². The molecule has 0 heterocycles. The average molecular weight is 323 g/mol. The van der Waals surface area contributed by atoms with Gasteiger partial charge in [0.2, 0.25) is 10.0 Å². The van der Waals surface area contributed by atoms with Crippen LogP contribution in [0.2, 0.25) is 0 Å². The maximum absolute atomic E-state index is 11.9. The van der Waals surface area contributed by atoms with Crippen molar-refractivity contribution < 1.29 is 17.9 Å². The van der Waals surface area contributed by atoms with E-state index in [-0.39, 0.29) is 30.3 Å². The monoisotopic (exact) mass is 322 g/mol. The number of aryl methyl sites for hydroxylation is 1. The van der Waals surface area contributed by atoms with Gasteiger partial charge in [-0.15, -0.1) is 12.4 Å². The maximum Gasteiger partial charge on any atom is 0.322 e. The van der Waals surface area contributed by atoms with Crippen LogP contribution in [0, 0.1) is 6.92 Å². The number of carbonyl (C=O) groups is 1. The van der Waals surface area contributed by atoms with Gasteiger partial charge < -0.3 is 10.5 Å². The summed E-state index contributed by atoms with van der Waals surface area (Å²) in [6.45, 7) is 1.95. The minimum atomic E-state index is -3.56. The summed E-state index contributed by atoms with van der Waals surface area (Å²) in [5.74, 6) is -0.561. The molecular formula is C12H19ClN2O4S. The number of nitrogens with two attached hydrogens (primary N) is 1. The van der Waals surface area contributed by atoms with Crippen molar-refractivity contribution in [1.82, 2.24) is 4.72 Å². The fraction of sp³-hybridized carbons (Fsp3) is 0.417. The lowest BCUT2D eigenvalue weighted by molar-refractivity contribution is -0.142. The second kappa shape index (κ2) is 8.21. The molecule has 0 saturated carbocycles. The normalized spacial score (nSPS) is 12.3. The smallest absolute Gasteiger partial charge is 0.322 e. The summed E-state index contributed by atoms with van der Waals surface area (Å²) in [6.07, 6.45) is 0.178. The molecule has 0 saturated heterocycles. The van der Waals surface area contributed by atoms with Crippen molar-refractivity contribution in [2.75, 3.05) is 13.7 Å². The standard InChI is InChI=1S/C12H18N2O4S.ClH/c1-9-3-5-10(6-4-9)19(16,17)14-8-7-11(13)12(15)18-2;/h3-6,11,14H,7-8,13H2,1-2H3;1H. The van der Waals surface area contributed by atoms with Gasteiger partial charge in [-0.25, -0.2) is 13.1 Å². The Hall–Kier alpha value is -1.15. The Balaban J connectivity index is 0.00000361. The molecule has 20 heavy (non-hydrogen) atoms. The van der Waals surface area contributed by atoms with Crippen molar-refractivity contribution in [1.29, 1.82) is 0 Å². The number of esters is 1. The number of methoxy groups -OCH3 is 1. The highest BCUT2D eigenvalue weighted by Gasteiger charge is 2.17. The first-order chi connectivity index (χ1) is 8.86. The molecule has 6 nitrogen and oxygen atoms in total. The highest BCUT2D eigenvalue weighted by Crippen LogP contribution is 2.09. The maximum atomic E-state index is 11.9. The van der Waals surface area contributed by atoms with Gasteiger partial charge in [-0.2, -0.15) is 0 Å². The van der Waals surface area contributed by atoms with Crippen LogP contribution >= 0.6 is 12.4 Å². The number of hydrogen-bond donors (Lipinski definition) is 2. The first-order valence-corrected chi connectivity index (χ1v) is 7.25. The van der Waals surface area contributed by atoms with E-state index in [1.807, 2.05) is 6.92 Å². The molecule has 0 radical (unpaired) electrons. The molecule has 1 unspecified atom stereocenters. The minimum absolute atomic E-state index is 0. The number of carbonyl (C=O) groups excluding carboxylic acids is 1. The van der Waals surface area contributed by atoms with Gasteiger partial charge in [0.1, 0.15) is 6.04 Å². The third-order valence-corrected chi connectivity index (χ3v) is 4.06. The zero-order valence-corrected chi connectivity index (χ0v) is 13.0. The molecule has 0 aliphatic rings. The van der Waals surface area contributed by atoms with Gasteiger partial charge in [0, 0.05) is 6.54 Å². The second-order valence-corrected chi connectivity index (χ2v) is 5.90. The lowest BCUT2D eigenvalue weighted by atomic mass is 10.2. The summed E-state index contributed by atoms with van der Waals surface area (Å²) < 4.78 is 30.6. The van der Waals surface area contributed by atoms with Crippen LogP contribution in [0.4, 0.5) is 0 Å². The predicted molar refractivity (Wildman–Crippen MR) is 78.2 cm³/mol. The Labute approximate surface area is 125 Å². The van der Waals surface area contributed by atoms with Crippen molar-refractivity contribution in [3.8, 4) is 0 Å². The van der Waals surface area contributed by atoms with E-state index in [4.69, 9.17) is 5.73 Å². The molecule has 0 spiro atoms. The van der Waals surface area contributed by atoms with Gasteiger partial charge in [-0.05, 0) is 25.5 Å². The van der Waals surface area contributed by atoms with E-state index in [1.54, 1.807) is 12.1 Å². The molecule has 0 fully saturated rings. The van der Waals surface area contributed by atoms with Gasteiger partial charge >= 0.3 is 5.97 Å². The van der Waals surface area contributed by atoms with Crippen LogP contribution < -0.4 is 10.5 Å². The quantitative estimate of drug-likeness (QED) is 0.747. The fourth-order valence-electron chi connectivity index (χ4n) is 1.42. The van der Waals surface area contributed by atoms with Gasteiger partial charge in [0.15, 0.2) is 0 Å². The van der Waals surface area contributed by atoms with E-state index in [9.17, 15) is 13.2 Å². The van der Waals surface area contributed by atoms with Gasteiger partial charge in [-0.3, -0.25) is 4.79 Å². The lowest BCUT2D eigenvalue weighted by Crippen LogP contribution is -2.36. The summed E-state index contributed by atoms with van der Waals surface area (Å²) >= 11 is 0. The van der Waals surface area contributed by atoms with Crippen LogP contribution in [0.1, 0.15) is 12.0 Å². The first-order valence-electron chi connectivity index (χ1n) is 5.76. The molecular weight excluding hydrogens is 304 g/mol. The molecule has 0 amide bonds. The molecule has 0 bridgehead atoms. The van der Waals surface area contributed by atoms with Crippen molar-refractivity contribution in [2.24, 2.45) is 5.73 Å². The number of halogens is 1. The Bertz CT molecular complexity index is 531. The van der Waals surface area contributed by atoms with E-state index in [0.29, 0.717) is 0 Å². The van der Waals surface area contributed by atoms with E-state index < -0.39 is 22.0 Å². The third-order valence-electron chi connectivity index (χ3n) is 2.58. The molecule has 3 N–H and O–H groups in total. The molecule has 8 heteroatoms. The highest BCUT2D eigenvalue weighted by molar-refractivity contribution is 7.89. The summed E-state index contributed by atoms with van der Waals surface area (Å²) in [4.78, 5) is 11.2. The molecule has 1 atom stereocenters. The van der Waals surface area contributed by atoms with Crippen molar-refractivity contribution >= 4 is 28.4 Å². The first kappa shape index (κ1) is 18.9. The van der Waals surface area contributed by atoms with Crippen molar-refractivity contribution in [3.63, 3.8) is 0 Å². The average Bonchev–Trinajstić information content (AvgIpc) is 2.37. The van der Waals surface area contributed by atoms with Crippen molar-refractivity contribution in [2.45, 2.75) is 24.3 Å². The highest BCUT2D eigenvalue weighted by atomic mass is 35.5. The number of sulfonamides is 1.